The van der Waals surface area contributed by atoms with Gasteiger partial charge >= 0.3 is 5.97 Å². The third-order valence-electron chi connectivity index (χ3n) is 2.59. The molecule has 1 aromatic carbocycles. The molecule has 0 spiro atoms. The molecular formula is C13H9NO3. The molecule has 0 unspecified atom stereocenters. The topological polar surface area (TPSA) is 66.2 Å². The second-order valence-electron chi connectivity index (χ2n) is 3.74. The highest BCUT2D eigenvalue weighted by molar-refractivity contribution is 5.93. The molecule has 0 radical (unpaired) electrons. The Kier molecular flexibility index (Phi) is 2.01. The predicted octanol–water partition coefficient (Wildman–Crippen LogP) is 3.13. The molecule has 4 heteroatoms. The average Bonchev–Trinajstić information content (AvgIpc) is 2.87. The predicted molar refractivity (Wildman–Crippen MR) is 63.0 cm³/mol. The molecule has 17 heavy (non-hydrogen) atoms. The Labute approximate surface area is 96.5 Å². The van der Waals surface area contributed by atoms with Crippen LogP contribution < -0.4 is 0 Å². The Balaban J connectivity index is 2.10. The molecule has 0 fully saturated rings. The summed E-state index contributed by atoms with van der Waals surface area (Å²) in [6, 6.07) is 13.0. The smallest absolute Gasteiger partial charge is 0.352 e. The van der Waals surface area contributed by atoms with Crippen LogP contribution in [-0.4, -0.2) is 16.1 Å². The Bertz CT molecular complexity index is 648. The number of H-pyrrole nitrogens is 1. The van der Waals surface area contributed by atoms with Crippen molar-refractivity contribution in [1.29, 1.82) is 0 Å². The van der Waals surface area contributed by atoms with Gasteiger partial charge in [0.2, 0.25) is 0 Å². The van der Waals surface area contributed by atoms with Gasteiger partial charge in [0.15, 0.2) is 5.58 Å². The van der Waals surface area contributed by atoms with Crippen molar-refractivity contribution in [2.45, 2.75) is 0 Å². The first-order chi connectivity index (χ1) is 8.24. The lowest BCUT2D eigenvalue weighted by atomic mass is 10.2. The van der Waals surface area contributed by atoms with Gasteiger partial charge in [0, 0.05) is 17.7 Å². The summed E-state index contributed by atoms with van der Waals surface area (Å²) < 4.78 is 5.59. The maximum absolute atomic E-state index is 10.8. The van der Waals surface area contributed by atoms with Crippen molar-refractivity contribution >= 4 is 17.1 Å². The summed E-state index contributed by atoms with van der Waals surface area (Å²) in [5.41, 5.74) is 2.36. The van der Waals surface area contributed by atoms with E-state index in [1.165, 1.54) is 6.07 Å². The zero-order chi connectivity index (χ0) is 11.8. The molecule has 84 valence electrons. The normalized spacial score (nSPS) is 10.8. The molecule has 2 aromatic heterocycles. The maximum atomic E-state index is 10.8. The lowest BCUT2D eigenvalue weighted by Crippen LogP contribution is -1.94. The van der Waals surface area contributed by atoms with E-state index in [-0.39, 0.29) is 5.69 Å². The molecule has 3 rings (SSSR count). The van der Waals surface area contributed by atoms with E-state index in [2.05, 4.69) is 4.98 Å². The number of nitrogens with one attached hydrogen (secondary N) is 1. The highest BCUT2D eigenvalue weighted by Gasteiger charge is 2.12. The number of carbonyl (C=O) groups is 1. The van der Waals surface area contributed by atoms with Crippen LogP contribution >= 0.6 is 0 Å². The first-order valence-electron chi connectivity index (χ1n) is 5.15. The second-order valence-corrected chi connectivity index (χ2v) is 3.74. The fourth-order valence-electron chi connectivity index (χ4n) is 1.78. The van der Waals surface area contributed by atoms with Crippen molar-refractivity contribution in [2.75, 3.05) is 0 Å². The number of aromatic nitrogens is 1. The summed E-state index contributed by atoms with van der Waals surface area (Å²) in [5, 5.41) is 8.82. The number of hydrogen-bond acceptors (Lipinski definition) is 2. The van der Waals surface area contributed by atoms with Crippen LogP contribution in [0.15, 0.2) is 46.9 Å². The molecule has 0 atom stereocenters. The molecule has 0 aliphatic carbocycles. The fraction of sp³-hybridized carbons (Fsp3) is 0. The number of rotatable bonds is 2. The van der Waals surface area contributed by atoms with E-state index in [1.807, 2.05) is 30.3 Å². The minimum absolute atomic E-state index is 0.137. The van der Waals surface area contributed by atoms with Gasteiger partial charge in [-0.3, -0.25) is 0 Å². The number of fused-ring (bicyclic) bond motifs is 1. The van der Waals surface area contributed by atoms with Crippen LogP contribution in [0.3, 0.4) is 0 Å². The zero-order valence-electron chi connectivity index (χ0n) is 8.81. The third-order valence-corrected chi connectivity index (χ3v) is 2.59. The summed E-state index contributed by atoms with van der Waals surface area (Å²) in [6.45, 7) is 0. The van der Waals surface area contributed by atoms with Crippen molar-refractivity contribution in [3.63, 3.8) is 0 Å². The van der Waals surface area contributed by atoms with Crippen molar-refractivity contribution in [3.8, 4) is 11.3 Å². The van der Waals surface area contributed by atoms with Crippen LogP contribution in [0.1, 0.15) is 10.5 Å². The Morgan fingerprint density at radius 1 is 1.18 bits per heavy atom. The lowest BCUT2D eigenvalue weighted by molar-refractivity contribution is 0.0691. The van der Waals surface area contributed by atoms with E-state index in [9.17, 15) is 4.79 Å². The highest BCUT2D eigenvalue weighted by atomic mass is 16.4. The van der Waals surface area contributed by atoms with E-state index in [0.717, 1.165) is 11.3 Å². The SMILES string of the molecule is O=C(O)c1cc2oc(-c3ccccc3)cc2[nH]1. The molecule has 0 aliphatic rings. The second kappa shape index (κ2) is 3.52. The number of aromatic amines is 1. The molecule has 0 aliphatic heterocycles. The van der Waals surface area contributed by atoms with Crippen LogP contribution in [0.2, 0.25) is 0 Å². The minimum atomic E-state index is -0.988. The maximum Gasteiger partial charge on any atom is 0.352 e. The molecule has 2 heterocycles. The summed E-state index contributed by atoms with van der Waals surface area (Å²) in [5.74, 6) is -0.263. The molecule has 0 saturated heterocycles. The van der Waals surface area contributed by atoms with E-state index in [4.69, 9.17) is 9.52 Å². The number of benzene rings is 1. The van der Waals surface area contributed by atoms with Crippen LogP contribution in [0.25, 0.3) is 22.4 Å². The largest absolute Gasteiger partial charge is 0.477 e. The van der Waals surface area contributed by atoms with Crippen LogP contribution in [0.5, 0.6) is 0 Å². The molecular weight excluding hydrogens is 218 g/mol. The first-order valence-corrected chi connectivity index (χ1v) is 5.15. The fourth-order valence-corrected chi connectivity index (χ4v) is 1.78. The van der Waals surface area contributed by atoms with Gasteiger partial charge in [-0.05, 0) is 0 Å². The van der Waals surface area contributed by atoms with E-state index in [0.29, 0.717) is 11.1 Å². The Morgan fingerprint density at radius 2 is 1.94 bits per heavy atom. The average molecular weight is 227 g/mol. The molecule has 4 nitrogen and oxygen atoms in total. The Morgan fingerprint density at radius 3 is 2.59 bits per heavy atom. The number of carboxylic acid groups (broad SMARTS) is 1. The summed E-state index contributed by atoms with van der Waals surface area (Å²) in [4.78, 5) is 13.5. The minimum Gasteiger partial charge on any atom is -0.477 e. The van der Waals surface area contributed by atoms with Gasteiger partial charge in [-0.2, -0.15) is 0 Å². The summed E-state index contributed by atoms with van der Waals surface area (Å²) in [6.07, 6.45) is 0. The monoisotopic (exact) mass is 227 g/mol. The van der Waals surface area contributed by atoms with Gasteiger partial charge < -0.3 is 14.5 Å². The van der Waals surface area contributed by atoms with Gasteiger partial charge in [-0.1, -0.05) is 30.3 Å². The van der Waals surface area contributed by atoms with Gasteiger partial charge in [0.25, 0.3) is 0 Å². The van der Waals surface area contributed by atoms with Crippen LogP contribution in [-0.2, 0) is 0 Å². The van der Waals surface area contributed by atoms with Crippen molar-refractivity contribution in [3.05, 3.63) is 48.2 Å². The van der Waals surface area contributed by atoms with E-state index < -0.39 is 5.97 Å². The number of aromatic carboxylic acids is 1. The molecule has 0 amide bonds. The quantitative estimate of drug-likeness (QED) is 0.706. The van der Waals surface area contributed by atoms with Crippen LogP contribution in [0, 0.1) is 0 Å². The van der Waals surface area contributed by atoms with Crippen molar-refractivity contribution in [1.82, 2.24) is 4.98 Å². The third kappa shape index (κ3) is 1.59. The zero-order valence-corrected chi connectivity index (χ0v) is 8.81. The van der Waals surface area contributed by atoms with Gasteiger partial charge in [-0.25, -0.2) is 4.79 Å². The van der Waals surface area contributed by atoms with E-state index >= 15 is 0 Å². The number of hydrogen-bond donors (Lipinski definition) is 2. The molecule has 0 saturated carbocycles. The van der Waals surface area contributed by atoms with E-state index in [1.54, 1.807) is 6.07 Å². The summed E-state index contributed by atoms with van der Waals surface area (Å²) in [7, 11) is 0. The van der Waals surface area contributed by atoms with Gasteiger partial charge in [0.1, 0.15) is 11.5 Å². The van der Waals surface area contributed by atoms with Crippen molar-refractivity contribution < 1.29 is 14.3 Å². The van der Waals surface area contributed by atoms with Crippen molar-refractivity contribution in [2.24, 2.45) is 0 Å². The number of furan rings is 1. The lowest BCUT2D eigenvalue weighted by Gasteiger charge is -1.93. The summed E-state index contributed by atoms with van der Waals surface area (Å²) >= 11 is 0. The van der Waals surface area contributed by atoms with Gasteiger partial charge in [0.05, 0.1) is 5.52 Å². The standard InChI is InChI=1S/C13H9NO3/c15-13(16)10-7-12-9(14-10)6-11(17-12)8-4-2-1-3-5-8/h1-7,14H,(H,15,16). The molecule has 2 N–H and O–H groups in total. The molecule has 0 bridgehead atoms. The first kappa shape index (κ1) is 9.72. The molecule has 3 aromatic rings. The van der Waals surface area contributed by atoms with Gasteiger partial charge in [-0.15, -0.1) is 0 Å². The Hall–Kier alpha value is -2.49. The number of carboxylic acids is 1. The van der Waals surface area contributed by atoms with Crippen LogP contribution in [0.4, 0.5) is 0 Å². The highest BCUT2D eigenvalue weighted by Crippen LogP contribution is 2.27.